The first-order valence-electron chi connectivity index (χ1n) is 4.94. The van der Waals surface area contributed by atoms with Crippen LogP contribution in [0.2, 0.25) is 0 Å². The van der Waals surface area contributed by atoms with Crippen molar-refractivity contribution in [1.82, 2.24) is 0 Å². The molecule has 92 valence electrons. The van der Waals surface area contributed by atoms with E-state index in [1.807, 2.05) is 0 Å². The number of carbonyl (C=O) groups excluding carboxylic acids is 1. The molecular formula is C11H12FNO4. The minimum Gasteiger partial charge on any atom is -0.479 e. The van der Waals surface area contributed by atoms with Gasteiger partial charge in [-0.05, 0) is 24.6 Å². The van der Waals surface area contributed by atoms with Gasteiger partial charge in [-0.2, -0.15) is 0 Å². The van der Waals surface area contributed by atoms with Crippen molar-refractivity contribution in [2.75, 3.05) is 5.73 Å². The third-order valence-corrected chi connectivity index (χ3v) is 2.11. The van der Waals surface area contributed by atoms with Crippen molar-refractivity contribution in [3.63, 3.8) is 0 Å². The number of rotatable bonds is 4. The molecule has 0 heterocycles. The lowest BCUT2D eigenvalue weighted by Gasteiger charge is -2.12. The van der Waals surface area contributed by atoms with E-state index < -0.39 is 23.9 Å². The number of carbonyl (C=O) groups is 2. The van der Waals surface area contributed by atoms with Crippen LogP contribution in [0.15, 0.2) is 18.2 Å². The first-order valence-corrected chi connectivity index (χ1v) is 4.94. The SMILES string of the molecule is CCC(OC(=O)c1cc(N)ccc1F)C(=O)O. The number of nitrogen functional groups attached to an aromatic ring is 1. The summed E-state index contributed by atoms with van der Waals surface area (Å²) in [7, 11) is 0. The van der Waals surface area contributed by atoms with Crippen LogP contribution in [0.3, 0.4) is 0 Å². The minimum absolute atomic E-state index is 0.102. The molecule has 0 aliphatic rings. The van der Waals surface area contributed by atoms with Crippen molar-refractivity contribution in [3.05, 3.63) is 29.6 Å². The second kappa shape index (κ2) is 5.29. The zero-order chi connectivity index (χ0) is 13.0. The van der Waals surface area contributed by atoms with Crippen LogP contribution in [0.25, 0.3) is 0 Å². The van der Waals surface area contributed by atoms with Gasteiger partial charge in [-0.3, -0.25) is 0 Å². The maximum atomic E-state index is 13.3. The Hall–Kier alpha value is -2.11. The predicted octanol–water partition coefficient (Wildman–Crippen LogP) is 1.43. The fraction of sp³-hybridized carbons (Fsp3) is 0.273. The van der Waals surface area contributed by atoms with Gasteiger partial charge >= 0.3 is 11.9 Å². The highest BCUT2D eigenvalue weighted by atomic mass is 19.1. The molecule has 1 aromatic rings. The van der Waals surface area contributed by atoms with Crippen LogP contribution in [-0.2, 0) is 9.53 Å². The normalized spacial score (nSPS) is 11.9. The molecule has 0 spiro atoms. The van der Waals surface area contributed by atoms with E-state index >= 15 is 0 Å². The van der Waals surface area contributed by atoms with Crippen LogP contribution < -0.4 is 5.73 Å². The van der Waals surface area contributed by atoms with E-state index in [2.05, 4.69) is 4.74 Å². The molecule has 0 saturated carbocycles. The zero-order valence-electron chi connectivity index (χ0n) is 9.14. The van der Waals surface area contributed by atoms with Crippen LogP contribution in [0.1, 0.15) is 23.7 Å². The van der Waals surface area contributed by atoms with Gasteiger partial charge in [-0.15, -0.1) is 0 Å². The molecule has 1 aromatic carbocycles. The first-order chi connectivity index (χ1) is 7.95. The number of benzene rings is 1. The smallest absolute Gasteiger partial charge is 0.345 e. The van der Waals surface area contributed by atoms with Crippen molar-refractivity contribution >= 4 is 17.6 Å². The van der Waals surface area contributed by atoms with Crippen LogP contribution in [0.4, 0.5) is 10.1 Å². The summed E-state index contributed by atoms with van der Waals surface area (Å²) in [5, 5.41) is 8.70. The molecule has 1 atom stereocenters. The largest absolute Gasteiger partial charge is 0.479 e. The molecule has 6 heteroatoms. The Morgan fingerprint density at radius 3 is 2.71 bits per heavy atom. The number of esters is 1. The highest BCUT2D eigenvalue weighted by Crippen LogP contribution is 2.14. The van der Waals surface area contributed by atoms with Gasteiger partial charge < -0.3 is 15.6 Å². The van der Waals surface area contributed by atoms with Crippen molar-refractivity contribution < 1.29 is 23.8 Å². The highest BCUT2D eigenvalue weighted by Gasteiger charge is 2.22. The van der Waals surface area contributed by atoms with Gasteiger partial charge in [0.2, 0.25) is 0 Å². The molecule has 1 rings (SSSR count). The Kier molecular flexibility index (Phi) is 4.03. The van der Waals surface area contributed by atoms with Crippen molar-refractivity contribution in [2.45, 2.75) is 19.4 Å². The summed E-state index contributed by atoms with van der Waals surface area (Å²) in [5.41, 5.74) is 5.22. The Morgan fingerprint density at radius 2 is 2.18 bits per heavy atom. The second-order valence-electron chi connectivity index (χ2n) is 3.38. The van der Waals surface area contributed by atoms with Gasteiger partial charge in [0.15, 0.2) is 6.10 Å². The van der Waals surface area contributed by atoms with Crippen LogP contribution in [0.5, 0.6) is 0 Å². The number of aliphatic carboxylic acids is 1. The molecule has 1 unspecified atom stereocenters. The molecule has 0 aliphatic heterocycles. The molecule has 17 heavy (non-hydrogen) atoms. The molecule has 5 nitrogen and oxygen atoms in total. The van der Waals surface area contributed by atoms with Gasteiger partial charge in [0.05, 0.1) is 5.56 Å². The Bertz CT molecular complexity index is 447. The number of anilines is 1. The Morgan fingerprint density at radius 1 is 1.53 bits per heavy atom. The third-order valence-electron chi connectivity index (χ3n) is 2.11. The highest BCUT2D eigenvalue weighted by molar-refractivity contribution is 5.92. The number of carboxylic acids is 1. The number of carboxylic acid groups (broad SMARTS) is 1. The molecule has 0 saturated heterocycles. The lowest BCUT2D eigenvalue weighted by Crippen LogP contribution is -2.26. The Labute approximate surface area is 97.0 Å². The van der Waals surface area contributed by atoms with Crippen molar-refractivity contribution in [2.24, 2.45) is 0 Å². The van der Waals surface area contributed by atoms with Gasteiger partial charge in [0, 0.05) is 5.69 Å². The average molecular weight is 241 g/mol. The summed E-state index contributed by atoms with van der Waals surface area (Å²) in [6.45, 7) is 1.54. The van der Waals surface area contributed by atoms with Crippen LogP contribution in [-0.4, -0.2) is 23.1 Å². The summed E-state index contributed by atoms with van der Waals surface area (Å²) < 4.78 is 17.9. The predicted molar refractivity (Wildman–Crippen MR) is 57.9 cm³/mol. The third kappa shape index (κ3) is 3.17. The van der Waals surface area contributed by atoms with E-state index in [0.717, 1.165) is 12.1 Å². The molecule has 0 aliphatic carbocycles. The van der Waals surface area contributed by atoms with Crippen molar-refractivity contribution in [1.29, 1.82) is 0 Å². The number of halogens is 1. The monoisotopic (exact) mass is 241 g/mol. The zero-order valence-corrected chi connectivity index (χ0v) is 9.14. The summed E-state index contributed by atoms with van der Waals surface area (Å²) in [6.07, 6.45) is -1.19. The molecule has 0 radical (unpaired) electrons. The second-order valence-corrected chi connectivity index (χ2v) is 3.38. The summed E-state index contributed by atoms with van der Waals surface area (Å²) in [4.78, 5) is 22.2. The molecule has 0 bridgehead atoms. The minimum atomic E-state index is -1.29. The van der Waals surface area contributed by atoms with E-state index in [0.29, 0.717) is 0 Å². The standard InChI is InChI=1S/C11H12FNO4/c1-2-9(10(14)15)17-11(16)7-5-6(13)3-4-8(7)12/h3-5,9H,2,13H2,1H3,(H,14,15). The van der Waals surface area contributed by atoms with Crippen molar-refractivity contribution in [3.8, 4) is 0 Å². The average Bonchev–Trinajstić information content (AvgIpc) is 2.28. The lowest BCUT2D eigenvalue weighted by atomic mass is 10.2. The van der Waals surface area contributed by atoms with E-state index in [1.54, 1.807) is 6.92 Å². The molecular weight excluding hydrogens is 229 g/mol. The lowest BCUT2D eigenvalue weighted by molar-refractivity contribution is -0.147. The van der Waals surface area contributed by atoms with Gasteiger partial charge in [-0.1, -0.05) is 6.92 Å². The molecule has 0 amide bonds. The quantitative estimate of drug-likeness (QED) is 0.614. The van der Waals surface area contributed by atoms with E-state index in [4.69, 9.17) is 10.8 Å². The summed E-state index contributed by atoms with van der Waals surface area (Å²) in [6, 6.07) is 3.42. The van der Waals surface area contributed by atoms with E-state index in [1.165, 1.54) is 6.07 Å². The number of nitrogens with two attached hydrogens (primary N) is 1. The van der Waals surface area contributed by atoms with Crippen LogP contribution >= 0.6 is 0 Å². The van der Waals surface area contributed by atoms with Gasteiger partial charge in [0.1, 0.15) is 5.82 Å². The maximum absolute atomic E-state index is 13.3. The topological polar surface area (TPSA) is 89.6 Å². The summed E-state index contributed by atoms with van der Waals surface area (Å²) >= 11 is 0. The fourth-order valence-electron chi connectivity index (χ4n) is 1.20. The van der Waals surface area contributed by atoms with Crippen LogP contribution in [0, 0.1) is 5.82 Å². The van der Waals surface area contributed by atoms with Gasteiger partial charge in [-0.25, -0.2) is 14.0 Å². The number of hydrogen-bond acceptors (Lipinski definition) is 4. The number of hydrogen-bond donors (Lipinski definition) is 2. The fourth-order valence-corrected chi connectivity index (χ4v) is 1.20. The molecule has 0 fully saturated rings. The molecule has 0 aromatic heterocycles. The van der Waals surface area contributed by atoms with E-state index in [-0.39, 0.29) is 17.7 Å². The maximum Gasteiger partial charge on any atom is 0.345 e. The van der Waals surface area contributed by atoms with E-state index in [9.17, 15) is 14.0 Å². The van der Waals surface area contributed by atoms with Gasteiger partial charge in [0.25, 0.3) is 0 Å². The molecule has 3 N–H and O–H groups in total. The number of ether oxygens (including phenoxy) is 1. The Balaban J connectivity index is 2.89. The summed E-state index contributed by atoms with van der Waals surface area (Å²) in [5.74, 6) is -3.11. The first kappa shape index (κ1) is 13.0.